The van der Waals surface area contributed by atoms with Crippen LogP contribution >= 0.6 is 11.8 Å². The van der Waals surface area contributed by atoms with Crippen LogP contribution in [-0.2, 0) is 0 Å². The molecular weight excluding hydrogens is 257 g/mol. The average molecular weight is 275 g/mol. The average Bonchev–Trinajstić information content (AvgIpc) is 2.46. The molecule has 100 valence electrons. The number of halogens is 1. The van der Waals surface area contributed by atoms with Gasteiger partial charge in [0, 0.05) is 12.3 Å². The van der Waals surface area contributed by atoms with Gasteiger partial charge in [-0.1, -0.05) is 42.5 Å². The SMILES string of the molecule is CSCCNC(c1ccccc1)c1ccc(F)cc1. The number of hydrogen-bond donors (Lipinski definition) is 1. The molecule has 2 aromatic carbocycles. The maximum absolute atomic E-state index is 13.0. The van der Waals surface area contributed by atoms with E-state index in [-0.39, 0.29) is 11.9 Å². The van der Waals surface area contributed by atoms with Gasteiger partial charge in [0.05, 0.1) is 6.04 Å². The van der Waals surface area contributed by atoms with Crippen LogP contribution in [0.15, 0.2) is 54.6 Å². The molecule has 0 fully saturated rings. The lowest BCUT2D eigenvalue weighted by Crippen LogP contribution is -2.24. The molecule has 0 saturated heterocycles. The Labute approximate surface area is 118 Å². The van der Waals surface area contributed by atoms with Gasteiger partial charge in [-0.2, -0.15) is 11.8 Å². The van der Waals surface area contributed by atoms with Crippen molar-refractivity contribution in [2.24, 2.45) is 0 Å². The van der Waals surface area contributed by atoms with Crippen LogP contribution in [0.4, 0.5) is 4.39 Å². The van der Waals surface area contributed by atoms with E-state index in [1.54, 1.807) is 0 Å². The topological polar surface area (TPSA) is 12.0 Å². The summed E-state index contributed by atoms with van der Waals surface area (Å²) in [4.78, 5) is 0. The zero-order valence-corrected chi connectivity index (χ0v) is 11.8. The molecule has 0 bridgehead atoms. The van der Waals surface area contributed by atoms with Crippen molar-refractivity contribution >= 4 is 11.8 Å². The summed E-state index contributed by atoms with van der Waals surface area (Å²) >= 11 is 1.81. The van der Waals surface area contributed by atoms with Crippen molar-refractivity contribution in [3.8, 4) is 0 Å². The Morgan fingerprint density at radius 2 is 1.63 bits per heavy atom. The van der Waals surface area contributed by atoms with Crippen molar-refractivity contribution in [2.75, 3.05) is 18.6 Å². The van der Waals surface area contributed by atoms with E-state index in [0.29, 0.717) is 0 Å². The van der Waals surface area contributed by atoms with E-state index in [4.69, 9.17) is 0 Å². The first-order chi connectivity index (χ1) is 9.31. The molecule has 0 aliphatic carbocycles. The van der Waals surface area contributed by atoms with Crippen molar-refractivity contribution in [1.29, 1.82) is 0 Å². The second-order valence-electron chi connectivity index (χ2n) is 4.34. The summed E-state index contributed by atoms with van der Waals surface area (Å²) in [6.07, 6.45) is 2.09. The fourth-order valence-electron chi connectivity index (χ4n) is 2.03. The fraction of sp³-hybridized carbons (Fsp3) is 0.250. The van der Waals surface area contributed by atoms with Crippen molar-refractivity contribution in [3.63, 3.8) is 0 Å². The van der Waals surface area contributed by atoms with Gasteiger partial charge >= 0.3 is 0 Å². The Morgan fingerprint density at radius 3 is 2.26 bits per heavy atom. The van der Waals surface area contributed by atoms with Gasteiger partial charge in [-0.15, -0.1) is 0 Å². The van der Waals surface area contributed by atoms with E-state index in [1.165, 1.54) is 17.7 Å². The molecule has 0 radical (unpaired) electrons. The molecule has 1 N–H and O–H groups in total. The standard InChI is InChI=1S/C16H18FNS/c1-19-12-11-18-16(13-5-3-2-4-6-13)14-7-9-15(17)10-8-14/h2-10,16,18H,11-12H2,1H3. The lowest BCUT2D eigenvalue weighted by atomic mass is 9.99. The molecule has 1 unspecified atom stereocenters. The molecule has 2 aromatic rings. The van der Waals surface area contributed by atoms with Crippen molar-refractivity contribution in [2.45, 2.75) is 6.04 Å². The molecular formula is C16H18FNS. The quantitative estimate of drug-likeness (QED) is 0.803. The summed E-state index contributed by atoms with van der Waals surface area (Å²) in [7, 11) is 0. The van der Waals surface area contributed by atoms with E-state index in [9.17, 15) is 4.39 Å². The molecule has 0 aliphatic heterocycles. The van der Waals surface area contributed by atoms with Crippen LogP contribution in [0.3, 0.4) is 0 Å². The summed E-state index contributed by atoms with van der Waals surface area (Å²) in [6.45, 7) is 0.929. The number of thioether (sulfide) groups is 1. The van der Waals surface area contributed by atoms with E-state index in [0.717, 1.165) is 17.9 Å². The summed E-state index contributed by atoms with van der Waals surface area (Å²) in [5.74, 6) is 0.865. The van der Waals surface area contributed by atoms with Gasteiger partial charge in [-0.05, 0) is 29.5 Å². The Morgan fingerprint density at radius 1 is 1.00 bits per heavy atom. The zero-order valence-electron chi connectivity index (χ0n) is 11.0. The summed E-state index contributed by atoms with van der Waals surface area (Å²) in [5.41, 5.74) is 2.30. The minimum atomic E-state index is -0.195. The Kier molecular flexibility index (Phi) is 5.43. The van der Waals surface area contributed by atoms with Gasteiger partial charge in [-0.25, -0.2) is 4.39 Å². The maximum atomic E-state index is 13.0. The molecule has 0 heterocycles. The Balaban J connectivity index is 2.21. The molecule has 1 nitrogen and oxygen atoms in total. The van der Waals surface area contributed by atoms with E-state index >= 15 is 0 Å². The van der Waals surface area contributed by atoms with Crippen molar-refractivity contribution in [1.82, 2.24) is 5.32 Å². The van der Waals surface area contributed by atoms with Crippen LogP contribution in [0.2, 0.25) is 0 Å². The predicted octanol–water partition coefficient (Wildman–Crippen LogP) is 3.87. The largest absolute Gasteiger partial charge is 0.305 e. The minimum Gasteiger partial charge on any atom is -0.305 e. The van der Waals surface area contributed by atoms with Gasteiger partial charge in [0.1, 0.15) is 5.82 Å². The van der Waals surface area contributed by atoms with Crippen LogP contribution < -0.4 is 5.32 Å². The molecule has 3 heteroatoms. The first-order valence-corrected chi connectivity index (χ1v) is 7.73. The van der Waals surface area contributed by atoms with Gasteiger partial charge in [0.25, 0.3) is 0 Å². The van der Waals surface area contributed by atoms with Crippen LogP contribution in [0, 0.1) is 5.82 Å². The van der Waals surface area contributed by atoms with Gasteiger partial charge in [0.2, 0.25) is 0 Å². The second-order valence-corrected chi connectivity index (χ2v) is 5.33. The predicted molar refractivity (Wildman–Crippen MR) is 81.1 cm³/mol. The van der Waals surface area contributed by atoms with Gasteiger partial charge in [0.15, 0.2) is 0 Å². The lowest BCUT2D eigenvalue weighted by molar-refractivity contribution is 0.615. The minimum absolute atomic E-state index is 0.119. The van der Waals surface area contributed by atoms with Gasteiger partial charge in [-0.3, -0.25) is 0 Å². The third-order valence-corrected chi connectivity index (χ3v) is 3.60. The van der Waals surface area contributed by atoms with Gasteiger partial charge < -0.3 is 5.32 Å². The highest BCUT2D eigenvalue weighted by Gasteiger charge is 2.12. The first-order valence-electron chi connectivity index (χ1n) is 6.34. The summed E-state index contributed by atoms with van der Waals surface area (Å²) in [5, 5.41) is 3.53. The highest BCUT2D eigenvalue weighted by atomic mass is 32.2. The maximum Gasteiger partial charge on any atom is 0.123 e. The molecule has 0 aliphatic rings. The number of hydrogen-bond acceptors (Lipinski definition) is 2. The molecule has 2 rings (SSSR count). The third-order valence-electron chi connectivity index (χ3n) is 2.99. The third kappa shape index (κ3) is 4.08. The van der Waals surface area contributed by atoms with E-state index in [1.807, 2.05) is 42.1 Å². The van der Waals surface area contributed by atoms with Crippen molar-refractivity contribution in [3.05, 3.63) is 71.5 Å². The van der Waals surface area contributed by atoms with Crippen LogP contribution in [-0.4, -0.2) is 18.6 Å². The number of nitrogens with one attached hydrogen (secondary N) is 1. The number of rotatable bonds is 6. The second kappa shape index (κ2) is 7.31. The summed E-state index contributed by atoms with van der Waals surface area (Å²) in [6, 6.07) is 17.1. The summed E-state index contributed by atoms with van der Waals surface area (Å²) < 4.78 is 13.0. The van der Waals surface area contributed by atoms with Crippen LogP contribution in [0.1, 0.15) is 17.2 Å². The molecule has 0 amide bonds. The van der Waals surface area contributed by atoms with Crippen molar-refractivity contribution < 1.29 is 4.39 Å². The first kappa shape index (κ1) is 14.1. The Hall–Kier alpha value is -1.32. The zero-order chi connectivity index (χ0) is 13.5. The molecule has 0 saturated carbocycles. The monoisotopic (exact) mass is 275 g/mol. The van der Waals surface area contributed by atoms with Crippen LogP contribution in [0.25, 0.3) is 0 Å². The van der Waals surface area contributed by atoms with E-state index < -0.39 is 0 Å². The normalized spacial score (nSPS) is 12.3. The molecule has 0 spiro atoms. The molecule has 19 heavy (non-hydrogen) atoms. The highest BCUT2D eigenvalue weighted by molar-refractivity contribution is 7.98. The fourth-order valence-corrected chi connectivity index (χ4v) is 2.36. The molecule has 1 atom stereocenters. The Bertz CT molecular complexity index is 484. The smallest absolute Gasteiger partial charge is 0.123 e. The van der Waals surface area contributed by atoms with Crippen LogP contribution in [0.5, 0.6) is 0 Å². The lowest BCUT2D eigenvalue weighted by Gasteiger charge is -2.19. The highest BCUT2D eigenvalue weighted by Crippen LogP contribution is 2.22. The van der Waals surface area contributed by atoms with E-state index in [2.05, 4.69) is 23.7 Å². The molecule has 0 aromatic heterocycles. The number of benzene rings is 2.